The molecule has 1 aliphatic heterocycles. The minimum atomic E-state index is 0.210. The van der Waals surface area contributed by atoms with Gasteiger partial charge in [-0.3, -0.25) is 0 Å². The topological polar surface area (TPSA) is 97.5 Å². The Labute approximate surface area is 321 Å². The largest absolute Gasteiger partial charge is 0.494 e. The van der Waals surface area contributed by atoms with E-state index in [0.717, 1.165) is 56.3 Å². The number of anilines is 1. The van der Waals surface area contributed by atoms with Crippen molar-refractivity contribution in [2.45, 2.75) is 40.5 Å². The fraction of sp³-hybridized carbons (Fsp3) is 0.238. The maximum Gasteiger partial charge on any atom is 0.298 e. The highest BCUT2D eigenvalue weighted by molar-refractivity contribution is 7.18. The molecule has 0 spiro atoms. The summed E-state index contributed by atoms with van der Waals surface area (Å²) in [6, 6.07) is 22.9. The number of hydrogen-bond acceptors (Lipinski definition) is 11. The summed E-state index contributed by atoms with van der Waals surface area (Å²) < 4.78 is 46.5. The Kier molecular flexibility index (Phi) is 9.59. The van der Waals surface area contributed by atoms with Gasteiger partial charge in [0, 0.05) is 37.2 Å². The first-order chi connectivity index (χ1) is 26.1. The molecule has 7 aromatic rings. The van der Waals surface area contributed by atoms with Crippen LogP contribution in [0.2, 0.25) is 5.02 Å². The number of fused-ring (bicyclic) bond motifs is 3. The van der Waals surface area contributed by atoms with Crippen molar-refractivity contribution in [3.05, 3.63) is 99.5 Å². The number of thiazole rings is 1. The van der Waals surface area contributed by atoms with Crippen LogP contribution in [0.25, 0.3) is 21.3 Å². The van der Waals surface area contributed by atoms with Crippen molar-refractivity contribution in [3.63, 3.8) is 0 Å². The van der Waals surface area contributed by atoms with Crippen LogP contribution in [0.5, 0.6) is 57.5 Å². The SMILES string of the molecule is CCCOc1ccc(Oc2c(Oc3ccc4c(c3)CCO4)c(Oc3ccc4nc(C)sc4c3)c3nc(N(C)C)oc3c2Oc2c(C)cc(Cl)cc2C)cc1. The highest BCUT2D eigenvalue weighted by Crippen LogP contribution is 2.57. The highest BCUT2D eigenvalue weighted by atomic mass is 35.5. The molecule has 3 heterocycles. The first-order valence-electron chi connectivity index (χ1n) is 17.6. The second kappa shape index (κ2) is 14.6. The summed E-state index contributed by atoms with van der Waals surface area (Å²) in [7, 11) is 3.70. The summed E-state index contributed by atoms with van der Waals surface area (Å²) in [5.74, 6) is 4.68. The van der Waals surface area contributed by atoms with Crippen LogP contribution in [0.4, 0.5) is 6.01 Å². The number of aromatic nitrogens is 2. The monoisotopic (exact) mass is 763 g/mol. The van der Waals surface area contributed by atoms with Crippen molar-refractivity contribution in [1.82, 2.24) is 9.97 Å². The van der Waals surface area contributed by atoms with Crippen LogP contribution >= 0.6 is 22.9 Å². The van der Waals surface area contributed by atoms with E-state index >= 15 is 0 Å². The quantitative estimate of drug-likeness (QED) is 0.120. The van der Waals surface area contributed by atoms with E-state index in [-0.39, 0.29) is 23.0 Å². The van der Waals surface area contributed by atoms with Crippen LogP contribution in [0.15, 0.2) is 77.2 Å². The van der Waals surface area contributed by atoms with Gasteiger partial charge in [-0.2, -0.15) is 4.98 Å². The second-order valence-electron chi connectivity index (χ2n) is 13.2. The van der Waals surface area contributed by atoms with Crippen molar-refractivity contribution < 1.29 is 32.8 Å². The zero-order valence-electron chi connectivity index (χ0n) is 30.7. The van der Waals surface area contributed by atoms with E-state index in [9.17, 15) is 0 Å². The van der Waals surface area contributed by atoms with Crippen molar-refractivity contribution in [2.24, 2.45) is 0 Å². The normalized spacial score (nSPS) is 12.1. The van der Waals surface area contributed by atoms with Gasteiger partial charge in [0.05, 0.1) is 28.4 Å². The molecule has 8 rings (SSSR count). The van der Waals surface area contributed by atoms with Crippen LogP contribution in [0.3, 0.4) is 0 Å². The molecule has 2 aromatic heterocycles. The number of aryl methyl sites for hydroxylation is 3. The molecule has 0 saturated heterocycles. The Hall–Kier alpha value is -5.65. The lowest BCUT2D eigenvalue weighted by atomic mass is 10.1. The summed E-state index contributed by atoms with van der Waals surface area (Å²) in [6.45, 7) is 9.13. The van der Waals surface area contributed by atoms with E-state index in [2.05, 4.69) is 11.9 Å². The average Bonchev–Trinajstić information content (AvgIpc) is 3.89. The predicted octanol–water partition coefficient (Wildman–Crippen LogP) is 12.0. The van der Waals surface area contributed by atoms with Gasteiger partial charge in [0.2, 0.25) is 28.6 Å². The summed E-state index contributed by atoms with van der Waals surface area (Å²) >= 11 is 8.05. The molecule has 0 aliphatic carbocycles. The fourth-order valence-corrected chi connectivity index (χ4v) is 7.43. The van der Waals surface area contributed by atoms with Gasteiger partial charge >= 0.3 is 0 Å². The minimum absolute atomic E-state index is 0.210. The molecule has 0 atom stereocenters. The third-order valence-electron chi connectivity index (χ3n) is 8.75. The number of benzene rings is 5. The lowest BCUT2D eigenvalue weighted by molar-refractivity contribution is 0.316. The van der Waals surface area contributed by atoms with Gasteiger partial charge in [-0.1, -0.05) is 18.5 Å². The molecule has 276 valence electrons. The zero-order chi connectivity index (χ0) is 37.5. The van der Waals surface area contributed by atoms with Crippen LogP contribution < -0.4 is 33.3 Å². The number of halogens is 1. The van der Waals surface area contributed by atoms with Crippen molar-refractivity contribution in [3.8, 4) is 57.5 Å². The van der Waals surface area contributed by atoms with Gasteiger partial charge in [-0.05, 0) is 105 Å². The number of nitrogens with zero attached hydrogens (tertiary/aromatic N) is 3. The van der Waals surface area contributed by atoms with E-state index in [0.29, 0.717) is 58.3 Å². The molecular formula is C42H38ClN3O7S. The third kappa shape index (κ3) is 7.04. The molecule has 0 radical (unpaired) electrons. The van der Waals surface area contributed by atoms with E-state index in [1.54, 1.807) is 16.2 Å². The lowest BCUT2D eigenvalue weighted by Crippen LogP contribution is -2.08. The Morgan fingerprint density at radius 3 is 2.17 bits per heavy atom. The standard InChI is InChI=1S/C42H38ClN3O7S/c1-7-17-47-28-8-10-29(11-9-28)49-41-39(51-30-13-15-33-26(21-30)16-18-48-33)37(50-31-12-14-32-34(22-31)54-25(4)44-32)35-38(53-42(45-35)46(5)6)40(41)52-36-23(2)19-27(43)20-24(36)3/h8-15,19-22H,7,16-18H2,1-6H3. The molecule has 54 heavy (non-hydrogen) atoms. The Balaban J connectivity index is 1.39. The molecule has 1 aliphatic rings. The molecule has 0 N–H and O–H groups in total. The van der Waals surface area contributed by atoms with E-state index in [1.807, 2.05) is 108 Å². The number of hydrogen-bond donors (Lipinski definition) is 0. The van der Waals surface area contributed by atoms with E-state index < -0.39 is 0 Å². The number of oxazole rings is 1. The summed E-state index contributed by atoms with van der Waals surface area (Å²) in [5, 5.41) is 1.55. The van der Waals surface area contributed by atoms with Crippen LogP contribution in [-0.2, 0) is 6.42 Å². The second-order valence-corrected chi connectivity index (χ2v) is 14.9. The van der Waals surface area contributed by atoms with Crippen molar-refractivity contribution in [2.75, 3.05) is 32.2 Å². The molecule has 10 nitrogen and oxygen atoms in total. The summed E-state index contributed by atoms with van der Waals surface area (Å²) in [5.41, 5.74) is 4.22. The molecular weight excluding hydrogens is 726 g/mol. The fourth-order valence-electron chi connectivity index (χ4n) is 6.25. The van der Waals surface area contributed by atoms with Gasteiger partial charge in [-0.25, -0.2) is 4.98 Å². The third-order valence-corrected chi connectivity index (χ3v) is 9.90. The lowest BCUT2D eigenvalue weighted by Gasteiger charge is -2.21. The first-order valence-corrected chi connectivity index (χ1v) is 18.8. The van der Waals surface area contributed by atoms with Gasteiger partial charge in [-0.15, -0.1) is 11.3 Å². The predicted molar refractivity (Wildman–Crippen MR) is 212 cm³/mol. The average molecular weight is 764 g/mol. The Bertz CT molecular complexity index is 2490. The van der Waals surface area contributed by atoms with Crippen LogP contribution in [0.1, 0.15) is 35.0 Å². The van der Waals surface area contributed by atoms with Crippen molar-refractivity contribution >= 4 is 50.3 Å². The molecule has 0 saturated carbocycles. The first kappa shape index (κ1) is 35.4. The van der Waals surface area contributed by atoms with Crippen molar-refractivity contribution in [1.29, 1.82) is 0 Å². The summed E-state index contributed by atoms with van der Waals surface area (Å²) in [6.07, 6.45) is 1.65. The minimum Gasteiger partial charge on any atom is -0.494 e. The van der Waals surface area contributed by atoms with Crippen LogP contribution in [-0.4, -0.2) is 37.3 Å². The van der Waals surface area contributed by atoms with Gasteiger partial charge in [0.15, 0.2) is 5.52 Å². The molecule has 0 fully saturated rings. The van der Waals surface area contributed by atoms with Crippen LogP contribution in [0, 0.1) is 20.8 Å². The zero-order valence-corrected chi connectivity index (χ0v) is 32.3. The van der Waals surface area contributed by atoms with E-state index in [4.69, 9.17) is 49.4 Å². The molecule has 12 heteroatoms. The molecule has 0 amide bonds. The molecule has 0 bridgehead atoms. The molecule has 0 unspecified atom stereocenters. The van der Waals surface area contributed by atoms with Gasteiger partial charge in [0.25, 0.3) is 6.01 Å². The maximum absolute atomic E-state index is 6.88. The summed E-state index contributed by atoms with van der Waals surface area (Å²) in [4.78, 5) is 11.3. The molecule has 5 aromatic carbocycles. The highest BCUT2D eigenvalue weighted by Gasteiger charge is 2.33. The van der Waals surface area contributed by atoms with Gasteiger partial charge < -0.3 is 37.7 Å². The maximum atomic E-state index is 6.88. The van der Waals surface area contributed by atoms with Gasteiger partial charge in [0.1, 0.15) is 34.5 Å². The number of ether oxygens (including phenoxy) is 6. The van der Waals surface area contributed by atoms with E-state index in [1.165, 1.54) is 0 Å². The Morgan fingerprint density at radius 1 is 0.741 bits per heavy atom. The Morgan fingerprint density at radius 2 is 1.41 bits per heavy atom. The number of rotatable bonds is 12. The smallest absolute Gasteiger partial charge is 0.298 e.